The number of aryl methyl sites for hydroxylation is 1. The van der Waals surface area contributed by atoms with Crippen LogP contribution < -0.4 is 0 Å². The monoisotopic (exact) mass is 554 g/mol. The molecule has 0 amide bonds. The third-order valence-electron chi connectivity index (χ3n) is 6.39. The lowest BCUT2D eigenvalue weighted by molar-refractivity contribution is 0.204. The molecule has 0 spiro atoms. The van der Waals surface area contributed by atoms with Crippen LogP contribution in [0.5, 0.6) is 0 Å². The molecular formula is C33H25F7. The summed E-state index contributed by atoms with van der Waals surface area (Å²) in [5.41, 5.74) is 1.72. The first-order valence-electron chi connectivity index (χ1n) is 12.6. The first-order valence-corrected chi connectivity index (χ1v) is 12.6. The van der Waals surface area contributed by atoms with Crippen molar-refractivity contribution >= 4 is 12.2 Å². The van der Waals surface area contributed by atoms with E-state index < -0.39 is 35.5 Å². The van der Waals surface area contributed by atoms with Gasteiger partial charge in [0, 0.05) is 22.3 Å². The highest BCUT2D eigenvalue weighted by atomic mass is 19.3. The fourth-order valence-corrected chi connectivity index (χ4v) is 4.37. The second-order valence-corrected chi connectivity index (χ2v) is 9.26. The minimum atomic E-state index is -2.72. The Labute approximate surface area is 228 Å². The molecule has 4 aromatic rings. The minimum absolute atomic E-state index is 0.0970. The summed E-state index contributed by atoms with van der Waals surface area (Å²) in [6.07, 6.45) is 2.71. The molecule has 7 heteroatoms. The fourth-order valence-electron chi connectivity index (χ4n) is 4.37. The molecule has 0 saturated heterocycles. The number of hydrogen-bond acceptors (Lipinski definition) is 0. The molecule has 0 heterocycles. The molecule has 0 saturated carbocycles. The standard InChI is InChI=1S/C33H25F7/c1-2-4-20-8-13-25(29(35)15-20)24-12-14-26(32(38)19-24)23-11-10-22(28(34)18-23)9-7-21-16-30(36)27(31(37)17-21)5-3-6-33(39)40/h3,6-19,33H,2,4-5H2,1H3. The average molecular weight is 555 g/mol. The van der Waals surface area contributed by atoms with Crippen LogP contribution in [0.1, 0.15) is 35.6 Å². The maximum Gasteiger partial charge on any atom is 0.257 e. The predicted octanol–water partition coefficient (Wildman–Crippen LogP) is 10.2. The molecule has 0 atom stereocenters. The molecular weight excluding hydrogens is 529 g/mol. The maximum atomic E-state index is 15.0. The summed E-state index contributed by atoms with van der Waals surface area (Å²) >= 11 is 0. The van der Waals surface area contributed by atoms with E-state index in [1.165, 1.54) is 42.5 Å². The Balaban J connectivity index is 1.53. The van der Waals surface area contributed by atoms with Crippen LogP contribution in [0.15, 0.2) is 78.9 Å². The number of alkyl halides is 2. The minimum Gasteiger partial charge on any atom is -0.207 e. The van der Waals surface area contributed by atoms with Gasteiger partial charge in [0.15, 0.2) is 0 Å². The SMILES string of the molecule is CCCc1ccc(-c2ccc(-c3ccc(C=Cc4cc(F)c(CC=CC(F)F)c(F)c4)c(F)c3)c(F)c2)c(F)c1. The lowest BCUT2D eigenvalue weighted by atomic mass is 9.97. The van der Waals surface area contributed by atoms with Crippen molar-refractivity contribution < 1.29 is 30.7 Å². The van der Waals surface area contributed by atoms with Crippen LogP contribution in [-0.4, -0.2) is 6.43 Å². The number of benzene rings is 4. The van der Waals surface area contributed by atoms with E-state index in [2.05, 4.69) is 0 Å². The van der Waals surface area contributed by atoms with Crippen molar-refractivity contribution in [2.24, 2.45) is 0 Å². The third-order valence-corrected chi connectivity index (χ3v) is 6.39. The van der Waals surface area contributed by atoms with Gasteiger partial charge < -0.3 is 0 Å². The molecule has 4 rings (SSSR count). The van der Waals surface area contributed by atoms with E-state index in [1.54, 1.807) is 18.2 Å². The van der Waals surface area contributed by atoms with Crippen LogP contribution in [0.3, 0.4) is 0 Å². The number of halogens is 7. The van der Waals surface area contributed by atoms with Crippen molar-refractivity contribution in [2.45, 2.75) is 32.6 Å². The summed E-state index contributed by atoms with van der Waals surface area (Å²) in [5, 5.41) is 0. The van der Waals surface area contributed by atoms with Gasteiger partial charge in [0.2, 0.25) is 0 Å². The highest BCUT2D eigenvalue weighted by Crippen LogP contribution is 2.31. The topological polar surface area (TPSA) is 0 Å². The van der Waals surface area contributed by atoms with E-state index in [1.807, 2.05) is 6.92 Å². The van der Waals surface area contributed by atoms with E-state index in [0.29, 0.717) is 11.6 Å². The van der Waals surface area contributed by atoms with Crippen molar-refractivity contribution in [2.75, 3.05) is 0 Å². The largest absolute Gasteiger partial charge is 0.257 e. The molecule has 0 aliphatic heterocycles. The van der Waals surface area contributed by atoms with Gasteiger partial charge in [-0.3, -0.25) is 0 Å². The van der Waals surface area contributed by atoms with Crippen molar-refractivity contribution in [1.82, 2.24) is 0 Å². The smallest absolute Gasteiger partial charge is 0.207 e. The van der Waals surface area contributed by atoms with E-state index in [0.717, 1.165) is 42.7 Å². The summed E-state index contributed by atoms with van der Waals surface area (Å²) in [6, 6.07) is 15.2. The predicted molar refractivity (Wildman–Crippen MR) is 145 cm³/mol. The maximum absolute atomic E-state index is 15.0. The van der Waals surface area contributed by atoms with Gasteiger partial charge in [-0.15, -0.1) is 0 Å². The zero-order chi connectivity index (χ0) is 28.8. The van der Waals surface area contributed by atoms with Crippen LogP contribution in [0.2, 0.25) is 0 Å². The van der Waals surface area contributed by atoms with Gasteiger partial charge in [-0.1, -0.05) is 68.0 Å². The Morgan fingerprint density at radius 1 is 0.650 bits per heavy atom. The summed E-state index contributed by atoms with van der Waals surface area (Å²) in [5.74, 6) is -3.61. The molecule has 0 nitrogen and oxygen atoms in total. The van der Waals surface area contributed by atoms with Crippen molar-refractivity contribution in [3.8, 4) is 22.3 Å². The van der Waals surface area contributed by atoms with E-state index in [-0.39, 0.29) is 39.8 Å². The molecule has 0 N–H and O–H groups in total. The summed E-state index contributed by atoms with van der Waals surface area (Å²) in [4.78, 5) is 0. The molecule has 40 heavy (non-hydrogen) atoms. The van der Waals surface area contributed by atoms with Crippen LogP contribution in [0.25, 0.3) is 34.4 Å². The molecule has 0 aliphatic carbocycles. The van der Waals surface area contributed by atoms with Gasteiger partial charge in [-0.2, -0.15) is 0 Å². The van der Waals surface area contributed by atoms with Gasteiger partial charge in [-0.25, -0.2) is 30.7 Å². The van der Waals surface area contributed by atoms with Crippen LogP contribution in [-0.2, 0) is 12.8 Å². The first kappa shape index (κ1) is 28.9. The molecule has 0 bridgehead atoms. The van der Waals surface area contributed by atoms with Gasteiger partial charge in [-0.05, 0) is 71.5 Å². The fraction of sp³-hybridized carbons (Fsp3) is 0.152. The molecule has 0 unspecified atom stereocenters. The van der Waals surface area contributed by atoms with E-state index >= 15 is 4.39 Å². The summed E-state index contributed by atoms with van der Waals surface area (Å²) in [7, 11) is 0. The van der Waals surface area contributed by atoms with E-state index in [9.17, 15) is 26.3 Å². The van der Waals surface area contributed by atoms with Crippen LogP contribution in [0.4, 0.5) is 30.7 Å². The van der Waals surface area contributed by atoms with Crippen LogP contribution >= 0.6 is 0 Å². The molecule has 0 aromatic heterocycles. The normalized spacial score (nSPS) is 11.8. The Kier molecular flexibility index (Phi) is 9.25. The molecule has 0 aliphatic rings. The van der Waals surface area contributed by atoms with Gasteiger partial charge in [0.05, 0.1) is 0 Å². The quantitative estimate of drug-likeness (QED) is 0.110. The Morgan fingerprint density at radius 2 is 1.25 bits per heavy atom. The summed E-state index contributed by atoms with van der Waals surface area (Å²) < 4.78 is 97.5. The van der Waals surface area contributed by atoms with Gasteiger partial charge in [0.1, 0.15) is 29.1 Å². The molecule has 0 fully saturated rings. The Bertz CT molecular complexity index is 1540. The second-order valence-electron chi connectivity index (χ2n) is 9.26. The Morgan fingerprint density at radius 3 is 1.82 bits per heavy atom. The molecule has 0 radical (unpaired) electrons. The lowest BCUT2D eigenvalue weighted by Gasteiger charge is -2.10. The van der Waals surface area contributed by atoms with Crippen LogP contribution in [0, 0.1) is 29.1 Å². The van der Waals surface area contributed by atoms with Crippen molar-refractivity contribution in [3.05, 3.63) is 130 Å². The molecule has 4 aromatic carbocycles. The Hall–Kier alpha value is -4.13. The number of hydrogen-bond donors (Lipinski definition) is 0. The van der Waals surface area contributed by atoms with Crippen molar-refractivity contribution in [1.29, 1.82) is 0 Å². The summed E-state index contributed by atoms with van der Waals surface area (Å²) in [6.45, 7) is 2.00. The lowest BCUT2D eigenvalue weighted by Crippen LogP contribution is -1.96. The highest BCUT2D eigenvalue weighted by molar-refractivity contribution is 5.75. The van der Waals surface area contributed by atoms with Gasteiger partial charge >= 0.3 is 0 Å². The average Bonchev–Trinajstić information content (AvgIpc) is 2.89. The third kappa shape index (κ3) is 6.89. The highest BCUT2D eigenvalue weighted by Gasteiger charge is 2.13. The first-order chi connectivity index (χ1) is 19.2. The zero-order valence-corrected chi connectivity index (χ0v) is 21.5. The second kappa shape index (κ2) is 12.8. The number of allylic oxidation sites excluding steroid dienone is 2. The van der Waals surface area contributed by atoms with Gasteiger partial charge in [0.25, 0.3) is 6.43 Å². The molecule has 206 valence electrons. The van der Waals surface area contributed by atoms with E-state index in [4.69, 9.17) is 0 Å². The zero-order valence-electron chi connectivity index (χ0n) is 21.5. The van der Waals surface area contributed by atoms with Crippen molar-refractivity contribution in [3.63, 3.8) is 0 Å². The number of rotatable bonds is 9.